The van der Waals surface area contributed by atoms with Gasteiger partial charge < -0.3 is 0 Å². The summed E-state index contributed by atoms with van der Waals surface area (Å²) in [5.74, 6) is -0.254. The molecule has 2 rings (SSSR count). The van der Waals surface area contributed by atoms with Crippen molar-refractivity contribution in [3.05, 3.63) is 60.2 Å². The third-order valence-corrected chi connectivity index (χ3v) is 5.58. The summed E-state index contributed by atoms with van der Waals surface area (Å²) in [5, 5.41) is 0. The van der Waals surface area contributed by atoms with Gasteiger partial charge >= 0.3 is 0 Å². The molecular weight excluding hydrogens is 256 g/mol. The van der Waals surface area contributed by atoms with E-state index < -0.39 is 13.8 Å². The van der Waals surface area contributed by atoms with Crippen molar-refractivity contribution in [2.75, 3.05) is 0 Å². The lowest BCUT2D eigenvalue weighted by Crippen LogP contribution is -2.37. The minimum atomic E-state index is -3.69. The third-order valence-electron chi connectivity index (χ3n) is 3.14. The van der Waals surface area contributed by atoms with Gasteiger partial charge in [0.2, 0.25) is 9.05 Å². The van der Waals surface area contributed by atoms with Crippen molar-refractivity contribution in [2.24, 2.45) is 0 Å². The monoisotopic (exact) mass is 268 g/mol. The second-order valence-electron chi connectivity index (χ2n) is 4.25. The summed E-state index contributed by atoms with van der Waals surface area (Å²) in [5.41, 5.74) is 0.944. The fourth-order valence-corrected chi connectivity index (χ4v) is 3.25. The molecule has 4 heteroatoms. The van der Waals surface area contributed by atoms with E-state index in [2.05, 4.69) is 0 Å². The minimum absolute atomic E-state index is 0.254. The van der Waals surface area contributed by atoms with Crippen LogP contribution >= 0.6 is 10.7 Å². The summed E-state index contributed by atoms with van der Waals surface area (Å²) < 4.78 is 22.5. The SMILES string of the molecule is CC1(S(=O)(=O)Cl)C=CC=CC1c1ccccc1. The van der Waals surface area contributed by atoms with E-state index in [0.717, 1.165) is 5.56 Å². The van der Waals surface area contributed by atoms with Crippen molar-refractivity contribution >= 4 is 19.7 Å². The van der Waals surface area contributed by atoms with E-state index in [-0.39, 0.29) is 5.92 Å². The third kappa shape index (κ3) is 2.17. The molecule has 0 bridgehead atoms. The van der Waals surface area contributed by atoms with Crippen molar-refractivity contribution in [3.8, 4) is 0 Å². The van der Waals surface area contributed by atoms with Gasteiger partial charge in [0.15, 0.2) is 0 Å². The molecule has 1 aromatic rings. The van der Waals surface area contributed by atoms with Gasteiger partial charge in [-0.2, -0.15) is 0 Å². The Morgan fingerprint density at radius 1 is 1.18 bits per heavy atom. The normalized spacial score (nSPS) is 28.2. The lowest BCUT2D eigenvalue weighted by Gasteiger charge is -2.32. The van der Waals surface area contributed by atoms with E-state index in [9.17, 15) is 8.42 Å². The Labute approximate surface area is 106 Å². The average molecular weight is 269 g/mol. The molecule has 0 N–H and O–H groups in total. The second kappa shape index (κ2) is 4.31. The molecular formula is C13H13ClO2S. The van der Waals surface area contributed by atoms with Crippen LogP contribution in [-0.4, -0.2) is 13.2 Å². The highest BCUT2D eigenvalue weighted by molar-refractivity contribution is 8.15. The predicted molar refractivity (Wildman–Crippen MR) is 70.6 cm³/mol. The first-order chi connectivity index (χ1) is 7.95. The van der Waals surface area contributed by atoms with Crippen molar-refractivity contribution in [2.45, 2.75) is 17.6 Å². The van der Waals surface area contributed by atoms with Gasteiger partial charge in [0.25, 0.3) is 0 Å². The number of allylic oxidation sites excluding steroid dienone is 3. The zero-order valence-electron chi connectivity index (χ0n) is 9.38. The van der Waals surface area contributed by atoms with Crippen LogP contribution in [-0.2, 0) is 9.05 Å². The molecule has 2 atom stereocenters. The van der Waals surface area contributed by atoms with Gasteiger partial charge in [0, 0.05) is 16.6 Å². The Morgan fingerprint density at radius 2 is 1.82 bits per heavy atom. The molecule has 0 aromatic heterocycles. The molecule has 0 saturated carbocycles. The van der Waals surface area contributed by atoms with Gasteiger partial charge in [-0.3, -0.25) is 0 Å². The highest BCUT2D eigenvalue weighted by Crippen LogP contribution is 2.41. The first-order valence-corrected chi connectivity index (χ1v) is 7.61. The Hall–Kier alpha value is -1.06. The molecule has 0 radical (unpaired) electrons. The molecule has 1 aromatic carbocycles. The summed E-state index contributed by atoms with van der Waals surface area (Å²) in [6.07, 6.45) is 7.09. The van der Waals surface area contributed by atoms with Gasteiger partial charge in [-0.25, -0.2) is 8.42 Å². The zero-order chi connectivity index (χ0) is 12.5. The summed E-state index contributed by atoms with van der Waals surface area (Å²) >= 11 is 0. The molecule has 0 spiro atoms. The Bertz CT molecular complexity index is 560. The molecule has 1 aliphatic carbocycles. The summed E-state index contributed by atoms with van der Waals surface area (Å²) in [7, 11) is 1.90. The van der Waals surface area contributed by atoms with Crippen LogP contribution in [0.25, 0.3) is 0 Å². The predicted octanol–water partition coefficient (Wildman–Crippen LogP) is 3.22. The fourth-order valence-electron chi connectivity index (χ4n) is 2.05. The van der Waals surface area contributed by atoms with Crippen LogP contribution in [0.4, 0.5) is 0 Å². The standard InChI is InChI=1S/C13H13ClO2S/c1-13(17(14,15)16)10-6-5-9-12(13)11-7-3-2-4-8-11/h2-10,12H,1H3. The van der Waals surface area contributed by atoms with Crippen LogP contribution < -0.4 is 0 Å². The Balaban J connectivity index is 2.53. The van der Waals surface area contributed by atoms with Gasteiger partial charge in [-0.1, -0.05) is 54.6 Å². The van der Waals surface area contributed by atoms with Crippen LogP contribution in [0.1, 0.15) is 18.4 Å². The summed E-state index contributed by atoms with van der Waals surface area (Å²) in [6, 6.07) is 9.51. The maximum absolute atomic E-state index is 11.8. The van der Waals surface area contributed by atoms with E-state index in [4.69, 9.17) is 10.7 Å². The van der Waals surface area contributed by atoms with Crippen LogP contribution in [0.3, 0.4) is 0 Å². The fraction of sp³-hybridized carbons (Fsp3) is 0.231. The highest BCUT2D eigenvalue weighted by atomic mass is 35.7. The van der Waals surface area contributed by atoms with Crippen LogP contribution in [0.5, 0.6) is 0 Å². The van der Waals surface area contributed by atoms with Gasteiger partial charge in [0.1, 0.15) is 4.75 Å². The number of halogens is 1. The molecule has 0 aliphatic heterocycles. The largest absolute Gasteiger partial charge is 0.242 e. The molecule has 2 nitrogen and oxygen atoms in total. The van der Waals surface area contributed by atoms with Crippen LogP contribution in [0.15, 0.2) is 54.6 Å². The molecule has 0 heterocycles. The maximum Gasteiger partial charge on any atom is 0.242 e. The van der Waals surface area contributed by atoms with E-state index in [0.29, 0.717) is 0 Å². The molecule has 1 aliphatic rings. The number of hydrogen-bond donors (Lipinski definition) is 0. The van der Waals surface area contributed by atoms with E-state index in [1.54, 1.807) is 19.1 Å². The zero-order valence-corrected chi connectivity index (χ0v) is 10.9. The molecule has 0 saturated heterocycles. The van der Waals surface area contributed by atoms with Crippen LogP contribution in [0.2, 0.25) is 0 Å². The van der Waals surface area contributed by atoms with Gasteiger partial charge in [0.05, 0.1) is 0 Å². The number of rotatable bonds is 2. The van der Waals surface area contributed by atoms with Crippen molar-refractivity contribution in [1.29, 1.82) is 0 Å². The smallest absolute Gasteiger partial charge is 0.211 e. The average Bonchev–Trinajstić information content (AvgIpc) is 2.29. The lowest BCUT2D eigenvalue weighted by molar-refractivity contribution is 0.559. The van der Waals surface area contributed by atoms with Gasteiger partial charge in [-0.15, -0.1) is 0 Å². The Morgan fingerprint density at radius 3 is 2.41 bits per heavy atom. The molecule has 0 amide bonds. The first kappa shape index (κ1) is 12.4. The van der Waals surface area contributed by atoms with Crippen molar-refractivity contribution < 1.29 is 8.42 Å². The molecule has 17 heavy (non-hydrogen) atoms. The minimum Gasteiger partial charge on any atom is -0.211 e. The molecule has 90 valence electrons. The van der Waals surface area contributed by atoms with Crippen molar-refractivity contribution in [1.82, 2.24) is 0 Å². The van der Waals surface area contributed by atoms with E-state index in [1.165, 1.54) is 0 Å². The Kier molecular flexibility index (Phi) is 3.15. The lowest BCUT2D eigenvalue weighted by atomic mass is 9.83. The quantitative estimate of drug-likeness (QED) is 0.772. The maximum atomic E-state index is 11.8. The van der Waals surface area contributed by atoms with E-state index >= 15 is 0 Å². The highest BCUT2D eigenvalue weighted by Gasteiger charge is 2.43. The summed E-state index contributed by atoms with van der Waals surface area (Å²) in [6.45, 7) is 1.65. The number of hydrogen-bond acceptors (Lipinski definition) is 2. The van der Waals surface area contributed by atoms with Crippen LogP contribution in [0, 0.1) is 0 Å². The topological polar surface area (TPSA) is 34.1 Å². The first-order valence-electron chi connectivity index (χ1n) is 5.30. The molecule has 0 fully saturated rings. The van der Waals surface area contributed by atoms with E-state index in [1.807, 2.05) is 42.5 Å². The molecule has 2 unspecified atom stereocenters. The number of benzene rings is 1. The van der Waals surface area contributed by atoms with Gasteiger partial charge in [-0.05, 0) is 12.5 Å². The second-order valence-corrected chi connectivity index (χ2v) is 7.23. The van der Waals surface area contributed by atoms with Crippen molar-refractivity contribution in [3.63, 3.8) is 0 Å². The summed E-state index contributed by atoms with van der Waals surface area (Å²) in [4.78, 5) is 0.